The Hall–Kier alpha value is -2.77. The molecule has 0 fully saturated rings. The van der Waals surface area contributed by atoms with E-state index in [1.807, 2.05) is 22.8 Å². The van der Waals surface area contributed by atoms with Gasteiger partial charge in [0.15, 0.2) is 5.96 Å². The fraction of sp³-hybridized carbons (Fsp3) is 0.471. The number of aryl methyl sites for hydroxylation is 1. The van der Waals surface area contributed by atoms with Gasteiger partial charge < -0.3 is 24.7 Å². The number of methoxy groups -OCH3 is 2. The minimum absolute atomic E-state index is 0.619. The van der Waals surface area contributed by atoms with Crippen molar-refractivity contribution in [1.29, 1.82) is 0 Å². The van der Waals surface area contributed by atoms with E-state index in [0.717, 1.165) is 49.0 Å². The van der Waals surface area contributed by atoms with Crippen molar-refractivity contribution in [3.05, 3.63) is 36.4 Å². The molecule has 0 atom stereocenters. The maximum absolute atomic E-state index is 5.41. The zero-order valence-electron chi connectivity index (χ0n) is 15.0. The molecule has 0 radical (unpaired) electrons. The summed E-state index contributed by atoms with van der Waals surface area (Å²) in [5, 5.41) is 14.2. The second-order valence-corrected chi connectivity index (χ2v) is 5.44. The summed E-state index contributed by atoms with van der Waals surface area (Å²) in [4.78, 5) is 4.24. The van der Waals surface area contributed by atoms with E-state index in [0.29, 0.717) is 6.54 Å². The first kappa shape index (κ1) is 18.6. The van der Waals surface area contributed by atoms with Crippen LogP contribution in [-0.4, -0.2) is 48.5 Å². The summed E-state index contributed by atoms with van der Waals surface area (Å²) in [5.41, 5.74) is 1.04. The molecular formula is C17H26N6O2. The molecule has 1 aromatic heterocycles. The normalized spacial score (nSPS) is 11.2. The number of unbranched alkanes of at least 4 members (excludes halogenated alkanes) is 1. The van der Waals surface area contributed by atoms with Gasteiger partial charge in [-0.2, -0.15) is 0 Å². The number of nitrogens with zero attached hydrogens (tertiary/aromatic N) is 4. The quantitative estimate of drug-likeness (QED) is 0.406. The van der Waals surface area contributed by atoms with Crippen LogP contribution in [0.1, 0.15) is 18.4 Å². The van der Waals surface area contributed by atoms with Gasteiger partial charge in [-0.1, -0.05) is 0 Å². The zero-order valence-corrected chi connectivity index (χ0v) is 15.0. The van der Waals surface area contributed by atoms with Crippen molar-refractivity contribution in [2.45, 2.75) is 25.9 Å². The van der Waals surface area contributed by atoms with Gasteiger partial charge in [0.2, 0.25) is 0 Å². The SMILES string of the molecule is CN=C(NCCCCn1cnnc1)NCc1ccc(OC)cc1OC. The second-order valence-electron chi connectivity index (χ2n) is 5.44. The second kappa shape index (κ2) is 10.2. The fourth-order valence-corrected chi connectivity index (χ4v) is 2.36. The molecule has 0 amide bonds. The summed E-state index contributed by atoms with van der Waals surface area (Å²) in [5.74, 6) is 2.33. The lowest BCUT2D eigenvalue weighted by molar-refractivity contribution is 0.390. The summed E-state index contributed by atoms with van der Waals surface area (Å²) < 4.78 is 12.6. The number of rotatable bonds is 9. The molecule has 8 nitrogen and oxygen atoms in total. The molecule has 2 N–H and O–H groups in total. The average Bonchev–Trinajstić information content (AvgIpc) is 3.17. The van der Waals surface area contributed by atoms with Crippen molar-refractivity contribution in [3.8, 4) is 11.5 Å². The first-order valence-corrected chi connectivity index (χ1v) is 8.24. The van der Waals surface area contributed by atoms with Crippen LogP contribution in [0.2, 0.25) is 0 Å². The number of hydrogen-bond acceptors (Lipinski definition) is 5. The smallest absolute Gasteiger partial charge is 0.191 e. The van der Waals surface area contributed by atoms with Crippen LogP contribution in [0.5, 0.6) is 11.5 Å². The van der Waals surface area contributed by atoms with Crippen molar-refractivity contribution in [3.63, 3.8) is 0 Å². The molecular weight excluding hydrogens is 320 g/mol. The molecule has 1 aromatic carbocycles. The van der Waals surface area contributed by atoms with Crippen LogP contribution in [0.3, 0.4) is 0 Å². The molecule has 0 spiro atoms. The predicted octanol–water partition coefficient (Wildman–Crippen LogP) is 1.44. The van der Waals surface area contributed by atoms with E-state index in [1.54, 1.807) is 33.9 Å². The van der Waals surface area contributed by atoms with Crippen LogP contribution in [0.15, 0.2) is 35.8 Å². The van der Waals surface area contributed by atoms with E-state index in [9.17, 15) is 0 Å². The zero-order chi connectivity index (χ0) is 17.9. The number of aromatic nitrogens is 3. The minimum Gasteiger partial charge on any atom is -0.497 e. The van der Waals surface area contributed by atoms with Crippen molar-refractivity contribution >= 4 is 5.96 Å². The van der Waals surface area contributed by atoms with E-state index in [1.165, 1.54) is 0 Å². The van der Waals surface area contributed by atoms with Gasteiger partial charge in [0.25, 0.3) is 0 Å². The Kier molecular flexibility index (Phi) is 7.55. The van der Waals surface area contributed by atoms with Gasteiger partial charge >= 0.3 is 0 Å². The lowest BCUT2D eigenvalue weighted by Crippen LogP contribution is -2.37. The van der Waals surface area contributed by atoms with Gasteiger partial charge in [0, 0.05) is 38.3 Å². The molecule has 1 heterocycles. The van der Waals surface area contributed by atoms with Crippen molar-refractivity contribution < 1.29 is 9.47 Å². The molecule has 136 valence electrons. The molecule has 0 bridgehead atoms. The van der Waals surface area contributed by atoms with Gasteiger partial charge in [0.1, 0.15) is 24.2 Å². The van der Waals surface area contributed by atoms with Crippen LogP contribution in [0, 0.1) is 0 Å². The highest BCUT2D eigenvalue weighted by molar-refractivity contribution is 5.79. The first-order valence-electron chi connectivity index (χ1n) is 8.24. The molecule has 0 saturated heterocycles. The van der Waals surface area contributed by atoms with Crippen LogP contribution in [0.4, 0.5) is 0 Å². The summed E-state index contributed by atoms with van der Waals surface area (Å²) in [6, 6.07) is 5.77. The Bertz CT molecular complexity index is 657. The Morgan fingerprint density at radius 2 is 1.92 bits per heavy atom. The summed E-state index contributed by atoms with van der Waals surface area (Å²) in [6.07, 6.45) is 5.55. The predicted molar refractivity (Wildman–Crippen MR) is 97.0 cm³/mol. The van der Waals surface area contributed by atoms with E-state index < -0.39 is 0 Å². The van der Waals surface area contributed by atoms with Gasteiger partial charge in [-0.25, -0.2) is 0 Å². The van der Waals surface area contributed by atoms with E-state index >= 15 is 0 Å². The monoisotopic (exact) mass is 346 g/mol. The standard InChI is InChI=1S/C17H26N6O2/c1-18-17(19-8-4-5-9-23-12-21-22-13-23)20-11-14-6-7-15(24-2)10-16(14)25-3/h6-7,10,12-13H,4-5,8-9,11H2,1-3H3,(H2,18,19,20). The van der Waals surface area contributed by atoms with Gasteiger partial charge in [-0.05, 0) is 25.0 Å². The van der Waals surface area contributed by atoms with Crippen molar-refractivity contribution in [1.82, 2.24) is 25.4 Å². The highest BCUT2D eigenvalue weighted by Crippen LogP contribution is 2.24. The topological polar surface area (TPSA) is 85.6 Å². The summed E-state index contributed by atoms with van der Waals surface area (Å²) >= 11 is 0. The number of aliphatic imine (C=N–C) groups is 1. The third-order valence-corrected chi connectivity index (χ3v) is 3.77. The Morgan fingerprint density at radius 3 is 2.60 bits per heavy atom. The van der Waals surface area contributed by atoms with Gasteiger partial charge in [-0.3, -0.25) is 4.99 Å². The number of guanidine groups is 1. The average molecular weight is 346 g/mol. The highest BCUT2D eigenvalue weighted by atomic mass is 16.5. The number of ether oxygens (including phenoxy) is 2. The first-order chi connectivity index (χ1) is 12.3. The maximum Gasteiger partial charge on any atom is 0.191 e. The lowest BCUT2D eigenvalue weighted by atomic mass is 10.2. The Morgan fingerprint density at radius 1 is 1.12 bits per heavy atom. The molecule has 2 rings (SSSR count). The van der Waals surface area contributed by atoms with Crippen molar-refractivity contribution in [2.24, 2.45) is 4.99 Å². The van der Waals surface area contributed by atoms with Gasteiger partial charge in [-0.15, -0.1) is 10.2 Å². The minimum atomic E-state index is 0.619. The molecule has 0 aliphatic rings. The van der Waals surface area contributed by atoms with E-state index in [-0.39, 0.29) is 0 Å². The van der Waals surface area contributed by atoms with E-state index in [2.05, 4.69) is 25.8 Å². The molecule has 2 aromatic rings. The largest absolute Gasteiger partial charge is 0.497 e. The molecule has 8 heteroatoms. The number of hydrogen-bond donors (Lipinski definition) is 2. The Balaban J connectivity index is 1.73. The molecule has 0 aliphatic heterocycles. The van der Waals surface area contributed by atoms with Crippen LogP contribution in [0.25, 0.3) is 0 Å². The third-order valence-electron chi connectivity index (χ3n) is 3.77. The summed E-state index contributed by atoms with van der Waals surface area (Å²) in [7, 11) is 5.06. The molecule has 0 saturated carbocycles. The number of benzene rings is 1. The summed E-state index contributed by atoms with van der Waals surface area (Å²) in [6.45, 7) is 2.39. The highest BCUT2D eigenvalue weighted by Gasteiger charge is 2.06. The molecule has 0 aliphatic carbocycles. The maximum atomic E-state index is 5.41. The number of nitrogens with one attached hydrogen (secondary N) is 2. The Labute approximate surface area is 148 Å². The molecule has 25 heavy (non-hydrogen) atoms. The van der Waals surface area contributed by atoms with Crippen molar-refractivity contribution in [2.75, 3.05) is 27.8 Å². The molecule has 0 unspecified atom stereocenters. The van der Waals surface area contributed by atoms with Crippen LogP contribution >= 0.6 is 0 Å². The van der Waals surface area contributed by atoms with E-state index in [4.69, 9.17) is 9.47 Å². The third kappa shape index (κ3) is 5.98. The van der Waals surface area contributed by atoms with Crippen LogP contribution in [-0.2, 0) is 13.1 Å². The van der Waals surface area contributed by atoms with Crippen LogP contribution < -0.4 is 20.1 Å². The fourth-order valence-electron chi connectivity index (χ4n) is 2.36. The van der Waals surface area contributed by atoms with Gasteiger partial charge in [0.05, 0.1) is 14.2 Å². The lowest BCUT2D eigenvalue weighted by Gasteiger charge is -2.14.